The minimum Gasteiger partial charge on any atom is -0.310 e. The van der Waals surface area contributed by atoms with Crippen molar-refractivity contribution in [3.8, 4) is 0 Å². The molecule has 0 spiro atoms. The molecule has 2 nitrogen and oxygen atoms in total. The predicted molar refractivity (Wildman–Crippen MR) is 83.3 cm³/mol. The van der Waals surface area contributed by atoms with Crippen LogP contribution < -0.4 is 5.32 Å². The van der Waals surface area contributed by atoms with Gasteiger partial charge in [0, 0.05) is 18.4 Å². The van der Waals surface area contributed by atoms with Gasteiger partial charge in [-0.2, -0.15) is 0 Å². The number of nitrogens with zero attached hydrogens (tertiary/aromatic N) is 1. The number of pyridine rings is 1. The smallest absolute Gasteiger partial charge is 0.0292 e. The van der Waals surface area contributed by atoms with Crippen LogP contribution in [-0.4, -0.2) is 11.5 Å². The van der Waals surface area contributed by atoms with Gasteiger partial charge in [0.25, 0.3) is 0 Å². The van der Waals surface area contributed by atoms with Crippen LogP contribution in [0.15, 0.2) is 24.5 Å². The zero-order valence-electron chi connectivity index (χ0n) is 12.7. The van der Waals surface area contributed by atoms with Crippen molar-refractivity contribution in [3.05, 3.63) is 30.1 Å². The second-order valence-corrected chi connectivity index (χ2v) is 5.43. The van der Waals surface area contributed by atoms with Gasteiger partial charge in [0.2, 0.25) is 0 Å². The standard InChI is InChI=1S/C17H30N2/c1-3-4-5-6-7-8-9-10-13-19-16(2)17-11-14-18-15-12-17/h11-12,14-16,19H,3-10,13H2,1-2H3/t16-/m0/s1. The van der Waals surface area contributed by atoms with Crippen LogP contribution in [0.1, 0.15) is 76.8 Å². The summed E-state index contributed by atoms with van der Waals surface area (Å²) in [5, 5.41) is 3.58. The Bertz CT molecular complexity index is 297. The number of rotatable bonds is 11. The number of unbranched alkanes of at least 4 members (excludes halogenated alkanes) is 7. The third-order valence-electron chi connectivity index (χ3n) is 3.69. The fourth-order valence-electron chi connectivity index (χ4n) is 2.35. The van der Waals surface area contributed by atoms with Crippen LogP contribution in [0.3, 0.4) is 0 Å². The Hall–Kier alpha value is -0.890. The van der Waals surface area contributed by atoms with Crippen molar-refractivity contribution >= 4 is 0 Å². The summed E-state index contributed by atoms with van der Waals surface area (Å²) in [7, 11) is 0. The lowest BCUT2D eigenvalue weighted by Gasteiger charge is -2.13. The Morgan fingerprint density at radius 1 is 0.947 bits per heavy atom. The molecule has 19 heavy (non-hydrogen) atoms. The molecule has 0 saturated carbocycles. The summed E-state index contributed by atoms with van der Waals surface area (Å²) < 4.78 is 0. The van der Waals surface area contributed by atoms with Crippen LogP contribution in [0.25, 0.3) is 0 Å². The maximum Gasteiger partial charge on any atom is 0.0292 e. The van der Waals surface area contributed by atoms with Gasteiger partial charge in [-0.05, 0) is 37.6 Å². The van der Waals surface area contributed by atoms with Crippen molar-refractivity contribution in [2.24, 2.45) is 0 Å². The van der Waals surface area contributed by atoms with Crippen LogP contribution in [0.2, 0.25) is 0 Å². The van der Waals surface area contributed by atoms with Crippen molar-refractivity contribution in [2.75, 3.05) is 6.54 Å². The van der Waals surface area contributed by atoms with Crippen LogP contribution in [0.4, 0.5) is 0 Å². The Labute approximate surface area is 119 Å². The minimum absolute atomic E-state index is 0.438. The van der Waals surface area contributed by atoms with Crippen molar-refractivity contribution < 1.29 is 0 Å². The summed E-state index contributed by atoms with van der Waals surface area (Å²) in [6.45, 7) is 5.62. The van der Waals surface area contributed by atoms with Gasteiger partial charge in [-0.3, -0.25) is 4.98 Å². The second kappa shape index (κ2) is 11.0. The predicted octanol–water partition coefficient (Wildman–Crippen LogP) is 4.87. The maximum absolute atomic E-state index is 4.05. The van der Waals surface area contributed by atoms with E-state index in [4.69, 9.17) is 0 Å². The van der Waals surface area contributed by atoms with Crippen molar-refractivity contribution in [1.29, 1.82) is 0 Å². The first-order valence-corrected chi connectivity index (χ1v) is 7.98. The molecule has 0 amide bonds. The molecule has 1 aromatic heterocycles. The highest BCUT2D eigenvalue weighted by Crippen LogP contribution is 2.11. The molecule has 1 N–H and O–H groups in total. The zero-order chi connectivity index (χ0) is 13.8. The summed E-state index contributed by atoms with van der Waals surface area (Å²) >= 11 is 0. The van der Waals surface area contributed by atoms with Crippen LogP contribution in [0.5, 0.6) is 0 Å². The van der Waals surface area contributed by atoms with Crippen LogP contribution in [0, 0.1) is 0 Å². The van der Waals surface area contributed by atoms with E-state index in [1.165, 1.54) is 56.9 Å². The minimum atomic E-state index is 0.438. The molecule has 0 saturated heterocycles. The van der Waals surface area contributed by atoms with Crippen molar-refractivity contribution in [1.82, 2.24) is 10.3 Å². The molecule has 1 rings (SSSR count). The maximum atomic E-state index is 4.05. The molecule has 0 fully saturated rings. The van der Waals surface area contributed by atoms with Crippen molar-refractivity contribution in [2.45, 2.75) is 71.3 Å². The molecular weight excluding hydrogens is 232 g/mol. The average molecular weight is 262 g/mol. The lowest BCUT2D eigenvalue weighted by molar-refractivity contribution is 0.521. The molecule has 1 heterocycles. The SMILES string of the molecule is CCCCCCCCCCN[C@@H](C)c1ccncc1. The average Bonchev–Trinajstić information content (AvgIpc) is 2.46. The van der Waals surface area contributed by atoms with Gasteiger partial charge in [0.15, 0.2) is 0 Å². The van der Waals surface area contributed by atoms with Gasteiger partial charge in [-0.25, -0.2) is 0 Å². The third-order valence-corrected chi connectivity index (χ3v) is 3.69. The van der Waals surface area contributed by atoms with Gasteiger partial charge < -0.3 is 5.32 Å². The van der Waals surface area contributed by atoms with E-state index in [9.17, 15) is 0 Å². The topological polar surface area (TPSA) is 24.9 Å². The van der Waals surface area contributed by atoms with E-state index in [2.05, 4.69) is 36.3 Å². The highest BCUT2D eigenvalue weighted by atomic mass is 14.9. The first-order chi connectivity index (χ1) is 9.34. The molecule has 2 heteroatoms. The van der Waals surface area contributed by atoms with Gasteiger partial charge >= 0.3 is 0 Å². The zero-order valence-corrected chi connectivity index (χ0v) is 12.7. The Morgan fingerprint density at radius 3 is 2.16 bits per heavy atom. The molecule has 0 aromatic carbocycles. The van der Waals surface area contributed by atoms with E-state index in [0.717, 1.165) is 6.54 Å². The van der Waals surface area contributed by atoms with E-state index >= 15 is 0 Å². The van der Waals surface area contributed by atoms with Gasteiger partial charge in [-0.15, -0.1) is 0 Å². The quantitative estimate of drug-likeness (QED) is 0.575. The summed E-state index contributed by atoms with van der Waals surface area (Å²) in [6, 6.07) is 4.61. The highest BCUT2D eigenvalue weighted by molar-refractivity contribution is 5.13. The first-order valence-electron chi connectivity index (χ1n) is 7.98. The van der Waals surface area contributed by atoms with Gasteiger partial charge in [-0.1, -0.05) is 51.9 Å². The molecule has 1 aromatic rings. The number of aromatic nitrogens is 1. The summed E-state index contributed by atoms with van der Waals surface area (Å²) in [5.74, 6) is 0. The molecule has 0 aliphatic heterocycles. The second-order valence-electron chi connectivity index (χ2n) is 5.43. The summed E-state index contributed by atoms with van der Waals surface area (Å²) in [4.78, 5) is 4.05. The van der Waals surface area contributed by atoms with E-state index in [0.29, 0.717) is 6.04 Å². The fraction of sp³-hybridized carbons (Fsp3) is 0.706. The summed E-state index contributed by atoms with van der Waals surface area (Å²) in [6.07, 6.45) is 14.8. The third kappa shape index (κ3) is 7.99. The normalized spacial score (nSPS) is 12.5. The fourth-order valence-corrected chi connectivity index (χ4v) is 2.35. The highest BCUT2D eigenvalue weighted by Gasteiger charge is 2.02. The molecule has 1 atom stereocenters. The molecule has 0 aliphatic rings. The Morgan fingerprint density at radius 2 is 1.53 bits per heavy atom. The molecule has 0 bridgehead atoms. The van der Waals surface area contributed by atoms with Crippen LogP contribution in [-0.2, 0) is 0 Å². The molecule has 108 valence electrons. The van der Waals surface area contributed by atoms with E-state index in [1.54, 1.807) is 0 Å². The molecule has 0 radical (unpaired) electrons. The lowest BCUT2D eigenvalue weighted by atomic mass is 10.1. The van der Waals surface area contributed by atoms with Crippen LogP contribution >= 0.6 is 0 Å². The Kier molecular flexibility index (Phi) is 9.34. The monoisotopic (exact) mass is 262 g/mol. The largest absolute Gasteiger partial charge is 0.310 e. The molecule has 0 unspecified atom stereocenters. The Balaban J connectivity index is 1.93. The molecular formula is C17H30N2. The number of hydrogen-bond acceptors (Lipinski definition) is 2. The lowest BCUT2D eigenvalue weighted by Crippen LogP contribution is -2.19. The molecule has 0 aliphatic carbocycles. The van der Waals surface area contributed by atoms with Crippen molar-refractivity contribution in [3.63, 3.8) is 0 Å². The van der Waals surface area contributed by atoms with E-state index in [1.807, 2.05) is 12.4 Å². The number of nitrogens with one attached hydrogen (secondary N) is 1. The van der Waals surface area contributed by atoms with E-state index in [-0.39, 0.29) is 0 Å². The first kappa shape index (κ1) is 16.2. The summed E-state index contributed by atoms with van der Waals surface area (Å²) in [5.41, 5.74) is 1.33. The van der Waals surface area contributed by atoms with Gasteiger partial charge in [0.05, 0.1) is 0 Å². The van der Waals surface area contributed by atoms with Gasteiger partial charge in [0.1, 0.15) is 0 Å². The van der Waals surface area contributed by atoms with E-state index < -0.39 is 0 Å². The number of hydrogen-bond donors (Lipinski definition) is 1.